The molecule has 1 heterocycles. The molecule has 1 fully saturated rings. The van der Waals surface area contributed by atoms with E-state index in [0.717, 1.165) is 45.3 Å². The van der Waals surface area contributed by atoms with Gasteiger partial charge in [-0.05, 0) is 25.2 Å². The van der Waals surface area contributed by atoms with Crippen molar-refractivity contribution in [3.63, 3.8) is 0 Å². The Bertz CT molecular complexity index is 260. The molecule has 0 aromatic rings. The number of nitrogens with two attached hydrogens (primary N) is 1. The Balaban J connectivity index is 2.21. The van der Waals surface area contributed by atoms with Gasteiger partial charge in [-0.1, -0.05) is 13.3 Å². The van der Waals surface area contributed by atoms with Crippen LogP contribution in [0.2, 0.25) is 0 Å². The van der Waals surface area contributed by atoms with Crippen molar-refractivity contribution in [3.05, 3.63) is 0 Å². The summed E-state index contributed by atoms with van der Waals surface area (Å²) in [6.07, 6.45) is 4.31. The minimum absolute atomic E-state index is 0.0241. The number of hydrogen-bond donors (Lipinski definition) is 2. The van der Waals surface area contributed by atoms with Gasteiger partial charge in [0.15, 0.2) is 0 Å². The molecule has 0 unspecified atom stereocenters. The smallest absolute Gasteiger partial charge is 0.317 e. The van der Waals surface area contributed by atoms with Gasteiger partial charge in [-0.25, -0.2) is 4.79 Å². The minimum Gasteiger partial charge on any atom is -0.370 e. The van der Waals surface area contributed by atoms with Gasteiger partial charge in [-0.2, -0.15) is 0 Å². The Labute approximate surface area is 103 Å². The molecule has 0 atom stereocenters. The number of unbranched alkanes of at least 4 members (excludes halogenated alkanes) is 1. The molecule has 3 amide bonds. The third kappa shape index (κ3) is 5.06. The predicted octanol–water partition coefficient (Wildman–Crippen LogP) is 1.08. The molecule has 0 aromatic carbocycles. The van der Waals surface area contributed by atoms with Gasteiger partial charge in [0.1, 0.15) is 0 Å². The fraction of sp³-hybridized carbons (Fsp3) is 0.833. The van der Waals surface area contributed by atoms with Crippen molar-refractivity contribution < 1.29 is 9.59 Å². The van der Waals surface area contributed by atoms with Crippen molar-refractivity contribution in [2.24, 2.45) is 11.7 Å². The van der Waals surface area contributed by atoms with E-state index in [2.05, 4.69) is 12.2 Å². The van der Waals surface area contributed by atoms with Gasteiger partial charge in [0, 0.05) is 26.1 Å². The standard InChI is InChI=1S/C12H23N3O2/c1-2-3-6-14-12(17)15-7-4-10(5-8-15)9-11(13)16/h10H,2-9H2,1H3,(H2,13,16)(H,14,17). The van der Waals surface area contributed by atoms with Crippen LogP contribution in [-0.2, 0) is 4.79 Å². The highest BCUT2D eigenvalue weighted by molar-refractivity contribution is 5.75. The summed E-state index contributed by atoms with van der Waals surface area (Å²) >= 11 is 0. The van der Waals surface area contributed by atoms with E-state index in [0.29, 0.717) is 12.3 Å². The van der Waals surface area contributed by atoms with Crippen molar-refractivity contribution >= 4 is 11.9 Å². The molecule has 1 aliphatic rings. The molecule has 0 spiro atoms. The quantitative estimate of drug-likeness (QED) is 0.707. The fourth-order valence-corrected chi connectivity index (χ4v) is 2.11. The summed E-state index contributed by atoms with van der Waals surface area (Å²) in [4.78, 5) is 24.3. The maximum atomic E-state index is 11.7. The Hall–Kier alpha value is -1.26. The number of urea groups is 1. The number of nitrogens with one attached hydrogen (secondary N) is 1. The normalized spacial score (nSPS) is 16.9. The van der Waals surface area contributed by atoms with Crippen molar-refractivity contribution in [2.45, 2.75) is 39.0 Å². The highest BCUT2D eigenvalue weighted by Crippen LogP contribution is 2.19. The zero-order valence-electron chi connectivity index (χ0n) is 10.6. The second-order valence-electron chi connectivity index (χ2n) is 4.69. The van der Waals surface area contributed by atoms with Gasteiger partial charge in [0.05, 0.1) is 0 Å². The van der Waals surface area contributed by atoms with Gasteiger partial charge < -0.3 is 16.0 Å². The Morgan fingerprint density at radius 1 is 1.35 bits per heavy atom. The summed E-state index contributed by atoms with van der Waals surface area (Å²) in [5.74, 6) is 0.114. The molecule has 1 aliphatic heterocycles. The van der Waals surface area contributed by atoms with E-state index in [1.54, 1.807) is 0 Å². The van der Waals surface area contributed by atoms with E-state index < -0.39 is 0 Å². The van der Waals surface area contributed by atoms with E-state index in [9.17, 15) is 9.59 Å². The molecule has 98 valence electrons. The van der Waals surface area contributed by atoms with E-state index >= 15 is 0 Å². The average Bonchev–Trinajstić information content (AvgIpc) is 2.29. The number of amides is 3. The van der Waals surface area contributed by atoms with E-state index in [4.69, 9.17) is 5.73 Å². The average molecular weight is 241 g/mol. The molecule has 0 saturated carbocycles. The summed E-state index contributed by atoms with van der Waals surface area (Å²) in [5, 5.41) is 2.90. The predicted molar refractivity (Wildman–Crippen MR) is 66.4 cm³/mol. The highest BCUT2D eigenvalue weighted by atomic mass is 16.2. The van der Waals surface area contributed by atoms with E-state index in [-0.39, 0.29) is 11.9 Å². The number of piperidine rings is 1. The van der Waals surface area contributed by atoms with Crippen molar-refractivity contribution in [2.75, 3.05) is 19.6 Å². The number of primary amides is 1. The monoisotopic (exact) mass is 241 g/mol. The first kappa shape index (κ1) is 13.8. The molecule has 1 saturated heterocycles. The molecule has 0 aliphatic carbocycles. The fourth-order valence-electron chi connectivity index (χ4n) is 2.11. The van der Waals surface area contributed by atoms with Crippen LogP contribution >= 0.6 is 0 Å². The lowest BCUT2D eigenvalue weighted by Crippen LogP contribution is -2.45. The molecular formula is C12H23N3O2. The van der Waals surface area contributed by atoms with Crippen LogP contribution in [-0.4, -0.2) is 36.5 Å². The molecule has 3 N–H and O–H groups in total. The molecule has 0 radical (unpaired) electrons. The molecule has 1 rings (SSSR count). The number of hydrogen-bond acceptors (Lipinski definition) is 2. The molecule has 0 aromatic heterocycles. The van der Waals surface area contributed by atoms with Crippen molar-refractivity contribution in [3.8, 4) is 0 Å². The summed E-state index contributed by atoms with van der Waals surface area (Å²) in [5.41, 5.74) is 5.17. The largest absolute Gasteiger partial charge is 0.370 e. The minimum atomic E-state index is -0.240. The Kier molecular flexibility index (Phi) is 5.80. The summed E-state index contributed by atoms with van der Waals surface area (Å²) in [6, 6.07) is 0.0241. The van der Waals surface area contributed by atoms with Crippen LogP contribution in [0.5, 0.6) is 0 Å². The number of carbonyl (C=O) groups excluding carboxylic acids is 2. The van der Waals surface area contributed by atoms with Crippen LogP contribution in [0.4, 0.5) is 4.79 Å². The topological polar surface area (TPSA) is 75.4 Å². The van der Waals surface area contributed by atoms with Crippen LogP contribution in [0.25, 0.3) is 0 Å². The summed E-state index contributed by atoms with van der Waals surface area (Å²) in [6.45, 7) is 4.31. The number of nitrogens with zero attached hydrogens (tertiary/aromatic N) is 1. The maximum absolute atomic E-state index is 11.7. The number of likely N-dealkylation sites (tertiary alicyclic amines) is 1. The molecule has 5 heteroatoms. The van der Waals surface area contributed by atoms with Gasteiger partial charge in [-0.3, -0.25) is 4.79 Å². The van der Waals surface area contributed by atoms with Crippen LogP contribution in [0.1, 0.15) is 39.0 Å². The summed E-state index contributed by atoms with van der Waals surface area (Å²) < 4.78 is 0. The highest BCUT2D eigenvalue weighted by Gasteiger charge is 2.23. The third-order valence-corrected chi connectivity index (χ3v) is 3.20. The third-order valence-electron chi connectivity index (χ3n) is 3.20. The van der Waals surface area contributed by atoms with Crippen molar-refractivity contribution in [1.29, 1.82) is 0 Å². The number of carbonyl (C=O) groups is 2. The zero-order chi connectivity index (χ0) is 12.7. The SMILES string of the molecule is CCCCNC(=O)N1CCC(CC(N)=O)CC1. The van der Waals surface area contributed by atoms with Crippen LogP contribution in [0.15, 0.2) is 0 Å². The molecule has 17 heavy (non-hydrogen) atoms. The Morgan fingerprint density at radius 2 is 2.00 bits per heavy atom. The van der Waals surface area contributed by atoms with E-state index in [1.807, 2.05) is 4.90 Å². The zero-order valence-corrected chi connectivity index (χ0v) is 10.6. The Morgan fingerprint density at radius 3 is 2.53 bits per heavy atom. The van der Waals surface area contributed by atoms with Crippen molar-refractivity contribution in [1.82, 2.24) is 10.2 Å². The van der Waals surface area contributed by atoms with Crippen LogP contribution < -0.4 is 11.1 Å². The van der Waals surface area contributed by atoms with E-state index in [1.165, 1.54) is 0 Å². The van der Waals surface area contributed by atoms with Gasteiger partial charge in [-0.15, -0.1) is 0 Å². The van der Waals surface area contributed by atoms with Crippen LogP contribution in [0, 0.1) is 5.92 Å². The second kappa shape index (κ2) is 7.14. The molecule has 0 bridgehead atoms. The number of rotatable bonds is 5. The lowest BCUT2D eigenvalue weighted by atomic mass is 9.93. The first-order chi connectivity index (χ1) is 8.13. The first-order valence-electron chi connectivity index (χ1n) is 6.44. The van der Waals surface area contributed by atoms with Gasteiger partial charge >= 0.3 is 6.03 Å². The lowest BCUT2D eigenvalue weighted by Gasteiger charge is -2.31. The lowest BCUT2D eigenvalue weighted by molar-refractivity contribution is -0.119. The van der Waals surface area contributed by atoms with Gasteiger partial charge in [0.2, 0.25) is 5.91 Å². The van der Waals surface area contributed by atoms with Gasteiger partial charge in [0.25, 0.3) is 0 Å². The van der Waals surface area contributed by atoms with Crippen LogP contribution in [0.3, 0.4) is 0 Å². The first-order valence-corrected chi connectivity index (χ1v) is 6.44. The maximum Gasteiger partial charge on any atom is 0.317 e. The molecular weight excluding hydrogens is 218 g/mol. The molecule has 5 nitrogen and oxygen atoms in total. The second-order valence-corrected chi connectivity index (χ2v) is 4.69. The summed E-state index contributed by atoms with van der Waals surface area (Å²) in [7, 11) is 0.